The van der Waals surface area contributed by atoms with Crippen LogP contribution in [0.5, 0.6) is 0 Å². The Kier molecular flexibility index (Phi) is 3.57. The Morgan fingerprint density at radius 2 is 2.16 bits per heavy atom. The molecule has 2 aromatic rings. The highest BCUT2D eigenvalue weighted by Crippen LogP contribution is 2.17. The normalized spacial score (nSPS) is 19.9. The van der Waals surface area contributed by atoms with Crippen molar-refractivity contribution in [2.24, 2.45) is 0 Å². The molecule has 1 aromatic heterocycles. The van der Waals surface area contributed by atoms with Crippen molar-refractivity contribution in [1.82, 2.24) is 20.4 Å². The van der Waals surface area contributed by atoms with E-state index in [2.05, 4.69) is 27.5 Å². The number of hydrogen-bond donors (Lipinski definition) is 1. The van der Waals surface area contributed by atoms with E-state index in [1.165, 1.54) is 6.42 Å². The van der Waals surface area contributed by atoms with Gasteiger partial charge in [-0.3, -0.25) is 0 Å². The van der Waals surface area contributed by atoms with Crippen LogP contribution in [-0.4, -0.2) is 41.3 Å². The third kappa shape index (κ3) is 3.00. The minimum absolute atomic E-state index is 0.525. The van der Waals surface area contributed by atoms with Gasteiger partial charge in [0.2, 0.25) is 11.8 Å². The first-order valence-corrected chi connectivity index (χ1v) is 6.61. The van der Waals surface area contributed by atoms with Crippen LogP contribution in [0.4, 0.5) is 0 Å². The minimum Gasteiger partial charge on any atom is -0.419 e. The molecule has 5 nitrogen and oxygen atoms in total. The van der Waals surface area contributed by atoms with E-state index in [-0.39, 0.29) is 0 Å². The van der Waals surface area contributed by atoms with Gasteiger partial charge >= 0.3 is 0 Å². The maximum absolute atomic E-state index is 5.66. The highest BCUT2D eigenvalue weighted by Gasteiger charge is 2.19. The fourth-order valence-electron chi connectivity index (χ4n) is 2.36. The Morgan fingerprint density at radius 3 is 2.89 bits per heavy atom. The molecule has 1 atom stereocenters. The molecule has 0 saturated carbocycles. The summed E-state index contributed by atoms with van der Waals surface area (Å²) in [7, 11) is 2.14. The van der Waals surface area contributed by atoms with Gasteiger partial charge in [-0.15, -0.1) is 10.2 Å². The molecule has 1 saturated heterocycles. The smallest absolute Gasteiger partial charge is 0.247 e. The Hall–Kier alpha value is -1.72. The van der Waals surface area contributed by atoms with Crippen LogP contribution in [0.1, 0.15) is 12.3 Å². The number of aromatic nitrogens is 2. The van der Waals surface area contributed by atoms with Crippen molar-refractivity contribution in [3.63, 3.8) is 0 Å². The summed E-state index contributed by atoms with van der Waals surface area (Å²) in [5.41, 5.74) is 0.960. The lowest BCUT2D eigenvalue weighted by atomic mass is 10.2. The van der Waals surface area contributed by atoms with Crippen molar-refractivity contribution in [3.05, 3.63) is 36.2 Å². The van der Waals surface area contributed by atoms with Crippen molar-refractivity contribution in [2.45, 2.75) is 19.0 Å². The number of rotatable bonds is 4. The molecule has 0 aliphatic carbocycles. The van der Waals surface area contributed by atoms with E-state index in [1.54, 1.807) is 0 Å². The first-order chi connectivity index (χ1) is 9.31. The second-order valence-electron chi connectivity index (χ2n) is 5.00. The second-order valence-corrected chi connectivity index (χ2v) is 5.00. The molecule has 2 heterocycles. The average Bonchev–Trinajstić information content (AvgIpc) is 3.06. The van der Waals surface area contributed by atoms with Crippen LogP contribution in [0.3, 0.4) is 0 Å². The maximum Gasteiger partial charge on any atom is 0.247 e. The zero-order valence-electron chi connectivity index (χ0n) is 11.0. The van der Waals surface area contributed by atoms with Crippen LogP contribution in [0.25, 0.3) is 11.5 Å². The molecule has 1 N–H and O–H groups in total. The minimum atomic E-state index is 0.525. The van der Waals surface area contributed by atoms with E-state index in [9.17, 15) is 0 Å². The molecule has 1 fully saturated rings. The lowest BCUT2D eigenvalue weighted by Gasteiger charge is -2.10. The van der Waals surface area contributed by atoms with Gasteiger partial charge in [-0.2, -0.15) is 0 Å². The van der Waals surface area contributed by atoms with E-state index in [4.69, 9.17) is 4.42 Å². The lowest BCUT2D eigenvalue weighted by molar-refractivity contribution is 0.388. The van der Waals surface area contributed by atoms with Crippen LogP contribution in [0.2, 0.25) is 0 Å². The highest BCUT2D eigenvalue weighted by atomic mass is 16.4. The van der Waals surface area contributed by atoms with Crippen molar-refractivity contribution in [3.8, 4) is 11.5 Å². The summed E-state index contributed by atoms with van der Waals surface area (Å²) in [6, 6.07) is 10.4. The first kappa shape index (κ1) is 12.3. The Labute approximate surface area is 112 Å². The number of likely N-dealkylation sites (tertiary alicyclic amines) is 1. The summed E-state index contributed by atoms with van der Waals surface area (Å²) in [4.78, 5) is 2.32. The Bertz CT molecular complexity index is 525. The predicted octanol–water partition coefficient (Wildman–Crippen LogP) is 1.53. The molecule has 100 valence electrons. The van der Waals surface area contributed by atoms with Gasteiger partial charge in [0, 0.05) is 18.2 Å². The lowest BCUT2D eigenvalue weighted by Crippen LogP contribution is -2.31. The largest absolute Gasteiger partial charge is 0.419 e. The molecule has 1 aromatic carbocycles. The molecule has 3 rings (SSSR count). The van der Waals surface area contributed by atoms with Gasteiger partial charge in [-0.05, 0) is 32.1 Å². The van der Waals surface area contributed by atoms with Crippen molar-refractivity contribution < 1.29 is 4.42 Å². The second kappa shape index (κ2) is 5.50. The Morgan fingerprint density at radius 1 is 1.32 bits per heavy atom. The van der Waals surface area contributed by atoms with E-state index < -0.39 is 0 Å². The van der Waals surface area contributed by atoms with Gasteiger partial charge in [0.1, 0.15) is 0 Å². The molecule has 0 bridgehead atoms. The van der Waals surface area contributed by atoms with Gasteiger partial charge in [0.15, 0.2) is 0 Å². The number of hydrogen-bond acceptors (Lipinski definition) is 5. The molecule has 19 heavy (non-hydrogen) atoms. The van der Waals surface area contributed by atoms with E-state index in [0.29, 0.717) is 24.4 Å². The SMILES string of the molecule is CN1CCC(NCc2nnc(-c3ccccc3)o2)C1. The van der Waals surface area contributed by atoms with Gasteiger partial charge in [0.05, 0.1) is 6.54 Å². The molecular formula is C14H18N4O. The number of likely N-dealkylation sites (N-methyl/N-ethyl adjacent to an activating group) is 1. The quantitative estimate of drug-likeness (QED) is 0.901. The number of nitrogens with zero attached hydrogens (tertiary/aromatic N) is 3. The fourth-order valence-corrected chi connectivity index (χ4v) is 2.36. The third-order valence-electron chi connectivity index (χ3n) is 3.42. The van der Waals surface area contributed by atoms with Crippen LogP contribution < -0.4 is 5.32 Å². The zero-order valence-corrected chi connectivity index (χ0v) is 11.0. The maximum atomic E-state index is 5.66. The van der Waals surface area contributed by atoms with Gasteiger partial charge in [-0.25, -0.2) is 0 Å². The molecule has 5 heteroatoms. The van der Waals surface area contributed by atoms with Crippen molar-refractivity contribution in [2.75, 3.05) is 20.1 Å². The van der Waals surface area contributed by atoms with Gasteiger partial charge in [-0.1, -0.05) is 18.2 Å². The van der Waals surface area contributed by atoms with Crippen LogP contribution >= 0.6 is 0 Å². The predicted molar refractivity (Wildman–Crippen MR) is 72.5 cm³/mol. The summed E-state index contributed by atoms with van der Waals surface area (Å²) in [5, 5.41) is 11.6. The van der Waals surface area contributed by atoms with Crippen molar-refractivity contribution >= 4 is 0 Å². The first-order valence-electron chi connectivity index (χ1n) is 6.61. The van der Waals surface area contributed by atoms with Crippen LogP contribution in [-0.2, 0) is 6.54 Å². The number of nitrogens with one attached hydrogen (secondary N) is 1. The molecule has 0 amide bonds. The topological polar surface area (TPSA) is 54.2 Å². The third-order valence-corrected chi connectivity index (χ3v) is 3.42. The summed E-state index contributed by atoms with van der Waals surface area (Å²) >= 11 is 0. The highest BCUT2D eigenvalue weighted by molar-refractivity contribution is 5.51. The summed E-state index contributed by atoms with van der Waals surface area (Å²) in [5.74, 6) is 1.23. The molecule has 0 spiro atoms. The Balaban J connectivity index is 1.59. The monoisotopic (exact) mass is 258 g/mol. The van der Waals surface area contributed by atoms with Gasteiger partial charge < -0.3 is 14.6 Å². The molecule has 1 aliphatic rings. The average molecular weight is 258 g/mol. The van der Waals surface area contributed by atoms with Crippen LogP contribution in [0, 0.1) is 0 Å². The number of benzene rings is 1. The summed E-state index contributed by atoms with van der Waals surface area (Å²) in [6.45, 7) is 2.87. The van der Waals surface area contributed by atoms with Crippen LogP contribution in [0.15, 0.2) is 34.7 Å². The molecular weight excluding hydrogens is 240 g/mol. The van der Waals surface area contributed by atoms with E-state index in [0.717, 1.165) is 18.7 Å². The zero-order chi connectivity index (χ0) is 13.1. The fraction of sp³-hybridized carbons (Fsp3) is 0.429. The molecule has 1 aliphatic heterocycles. The molecule has 0 radical (unpaired) electrons. The summed E-state index contributed by atoms with van der Waals surface area (Å²) < 4.78 is 5.66. The summed E-state index contributed by atoms with van der Waals surface area (Å²) in [6.07, 6.45) is 1.18. The molecule has 1 unspecified atom stereocenters. The van der Waals surface area contributed by atoms with Gasteiger partial charge in [0.25, 0.3) is 0 Å². The van der Waals surface area contributed by atoms with E-state index in [1.807, 2.05) is 30.3 Å². The van der Waals surface area contributed by atoms with E-state index >= 15 is 0 Å². The standard InChI is InChI=1S/C14H18N4O/c1-18-8-7-12(10-18)15-9-13-16-17-14(19-13)11-5-3-2-4-6-11/h2-6,12,15H,7-10H2,1H3. The van der Waals surface area contributed by atoms with Crippen molar-refractivity contribution in [1.29, 1.82) is 0 Å².